The molecule has 350 valence electrons. The van der Waals surface area contributed by atoms with Crippen molar-refractivity contribution in [2.45, 2.75) is 213 Å². The summed E-state index contributed by atoms with van der Waals surface area (Å²) in [6.07, 6.45) is 66.6. The summed E-state index contributed by atoms with van der Waals surface area (Å²) in [7, 11) is 0. The number of rotatable bonds is 43. The second-order valence-electron chi connectivity index (χ2n) is 16.0. The molecule has 0 aliphatic carbocycles. The molecule has 0 amide bonds. The first-order chi connectivity index (χ1) is 30.5. The van der Waals surface area contributed by atoms with E-state index >= 15 is 0 Å². The van der Waals surface area contributed by atoms with Gasteiger partial charge < -0.3 is 14.2 Å². The van der Waals surface area contributed by atoms with Gasteiger partial charge in [-0.05, 0) is 109 Å². The quantitative estimate of drug-likeness (QED) is 0.0263. The van der Waals surface area contributed by atoms with Gasteiger partial charge in [0.25, 0.3) is 0 Å². The van der Waals surface area contributed by atoms with E-state index in [1.807, 2.05) is 0 Å². The average molecular weight is 859 g/mol. The fourth-order valence-electron chi connectivity index (χ4n) is 6.32. The number of esters is 3. The standard InChI is InChI=1S/C56H90O6/c1-4-7-10-13-16-19-22-24-26-28-30-31-34-37-40-43-46-49-55(58)61-52-53(51-60-54(57)48-45-42-39-36-33-21-18-15-12-9-6-3)62-56(59)50-47-44-41-38-35-32-29-27-25-23-20-17-14-11-8-5-2/h8-9,11-12,17-18,20-21,24-27,30-31,36-37,39-40,53H,4-7,10,13-16,19,22-23,28-29,32-35,38,41-52H2,1-3H3/b11-8-,12-9-,20-17-,21-18-,26-24-,27-25-,31-30-,39-36-,40-37-. The normalized spacial score (nSPS) is 13.0. The molecule has 0 aromatic carbocycles. The van der Waals surface area contributed by atoms with E-state index in [0.29, 0.717) is 12.8 Å². The first-order valence-corrected chi connectivity index (χ1v) is 24.9. The van der Waals surface area contributed by atoms with Crippen molar-refractivity contribution < 1.29 is 28.6 Å². The maximum absolute atomic E-state index is 12.8. The summed E-state index contributed by atoms with van der Waals surface area (Å²) >= 11 is 0. The zero-order chi connectivity index (χ0) is 45.1. The highest BCUT2D eigenvalue weighted by Gasteiger charge is 2.19. The Morgan fingerprint density at radius 3 is 1.03 bits per heavy atom. The minimum absolute atomic E-state index is 0.128. The number of unbranched alkanes of at least 4 members (excludes halogenated alkanes) is 14. The van der Waals surface area contributed by atoms with Gasteiger partial charge >= 0.3 is 17.9 Å². The van der Waals surface area contributed by atoms with Crippen LogP contribution in [-0.4, -0.2) is 37.2 Å². The second kappa shape index (κ2) is 49.7. The lowest BCUT2D eigenvalue weighted by atomic mass is 10.1. The molecule has 0 N–H and O–H groups in total. The molecule has 0 aromatic heterocycles. The van der Waals surface area contributed by atoms with Crippen LogP contribution in [0.5, 0.6) is 0 Å². The van der Waals surface area contributed by atoms with E-state index < -0.39 is 6.10 Å². The minimum atomic E-state index is -0.826. The van der Waals surface area contributed by atoms with Gasteiger partial charge in [0.2, 0.25) is 0 Å². The zero-order valence-corrected chi connectivity index (χ0v) is 39.8. The largest absolute Gasteiger partial charge is 0.462 e. The van der Waals surface area contributed by atoms with Crippen molar-refractivity contribution >= 4 is 17.9 Å². The second-order valence-corrected chi connectivity index (χ2v) is 16.0. The molecule has 0 fully saturated rings. The third-order valence-corrected chi connectivity index (χ3v) is 9.99. The third-order valence-electron chi connectivity index (χ3n) is 9.99. The van der Waals surface area contributed by atoms with Gasteiger partial charge in [-0.2, -0.15) is 0 Å². The fourth-order valence-corrected chi connectivity index (χ4v) is 6.32. The number of hydrogen-bond acceptors (Lipinski definition) is 6. The zero-order valence-electron chi connectivity index (χ0n) is 39.8. The Morgan fingerprint density at radius 1 is 0.339 bits per heavy atom. The Labute approximate surface area is 380 Å². The maximum Gasteiger partial charge on any atom is 0.306 e. The van der Waals surface area contributed by atoms with Gasteiger partial charge in [-0.25, -0.2) is 0 Å². The van der Waals surface area contributed by atoms with Crippen LogP contribution in [0.2, 0.25) is 0 Å². The molecule has 0 saturated carbocycles. The molecule has 62 heavy (non-hydrogen) atoms. The highest BCUT2D eigenvalue weighted by atomic mass is 16.6. The maximum atomic E-state index is 12.8. The Hall–Kier alpha value is -3.93. The number of carbonyl (C=O) groups excluding carboxylic acids is 3. The molecule has 0 spiro atoms. The summed E-state index contributed by atoms with van der Waals surface area (Å²) in [5.74, 6) is -1.05. The van der Waals surface area contributed by atoms with E-state index in [2.05, 4.69) is 130 Å². The smallest absolute Gasteiger partial charge is 0.306 e. The summed E-state index contributed by atoms with van der Waals surface area (Å²) in [5, 5.41) is 0. The fraction of sp³-hybridized carbons (Fsp3) is 0.625. The lowest BCUT2D eigenvalue weighted by Gasteiger charge is -2.18. The Morgan fingerprint density at radius 2 is 0.645 bits per heavy atom. The predicted molar refractivity (Wildman–Crippen MR) is 265 cm³/mol. The molecular weight excluding hydrogens is 769 g/mol. The molecular formula is C56H90O6. The van der Waals surface area contributed by atoms with Gasteiger partial charge in [-0.1, -0.05) is 188 Å². The molecule has 6 heteroatoms. The summed E-state index contributed by atoms with van der Waals surface area (Å²) in [4.78, 5) is 37.9. The van der Waals surface area contributed by atoms with E-state index in [9.17, 15) is 14.4 Å². The van der Waals surface area contributed by atoms with Crippen LogP contribution in [0.1, 0.15) is 207 Å². The van der Waals surface area contributed by atoms with Crippen LogP contribution >= 0.6 is 0 Å². The molecule has 0 heterocycles. The van der Waals surface area contributed by atoms with Gasteiger partial charge in [-0.3, -0.25) is 14.4 Å². The molecule has 0 aromatic rings. The van der Waals surface area contributed by atoms with E-state index in [1.54, 1.807) is 0 Å². The molecule has 1 unspecified atom stereocenters. The number of allylic oxidation sites excluding steroid dienone is 18. The van der Waals surface area contributed by atoms with Crippen molar-refractivity contribution in [3.63, 3.8) is 0 Å². The van der Waals surface area contributed by atoms with Crippen LogP contribution in [0.3, 0.4) is 0 Å². The van der Waals surface area contributed by atoms with Crippen molar-refractivity contribution in [1.29, 1.82) is 0 Å². The topological polar surface area (TPSA) is 78.9 Å². The molecule has 6 nitrogen and oxygen atoms in total. The summed E-state index contributed by atoms with van der Waals surface area (Å²) in [5.41, 5.74) is 0. The molecule has 0 aliphatic rings. The van der Waals surface area contributed by atoms with Crippen molar-refractivity contribution in [3.8, 4) is 0 Å². The number of hydrogen-bond donors (Lipinski definition) is 0. The average Bonchev–Trinajstić information content (AvgIpc) is 3.27. The first kappa shape index (κ1) is 58.1. The van der Waals surface area contributed by atoms with E-state index in [1.165, 1.54) is 57.8 Å². The lowest BCUT2D eigenvalue weighted by molar-refractivity contribution is -0.167. The van der Waals surface area contributed by atoms with Gasteiger partial charge in [0.1, 0.15) is 13.2 Å². The molecule has 0 saturated heterocycles. The number of carbonyl (C=O) groups is 3. The Kier molecular flexibility index (Phi) is 46.6. The van der Waals surface area contributed by atoms with Gasteiger partial charge in [0.15, 0.2) is 6.10 Å². The monoisotopic (exact) mass is 859 g/mol. The van der Waals surface area contributed by atoms with Crippen molar-refractivity contribution in [1.82, 2.24) is 0 Å². The SMILES string of the molecule is CC/C=C\C/C=C\C/C=C\CCCCCCCCC(=O)OC(COC(=O)CCC/C=C\C/C=C\C/C=C\CC)COC(=O)CCC/C=C\C/C=C\C/C=C\CCCCCCCC. The van der Waals surface area contributed by atoms with Crippen LogP contribution in [0.25, 0.3) is 0 Å². The van der Waals surface area contributed by atoms with Crippen molar-refractivity contribution in [3.05, 3.63) is 109 Å². The molecule has 0 bridgehead atoms. The highest BCUT2D eigenvalue weighted by Crippen LogP contribution is 2.12. The van der Waals surface area contributed by atoms with Crippen LogP contribution in [-0.2, 0) is 28.6 Å². The lowest BCUT2D eigenvalue weighted by Crippen LogP contribution is -2.30. The van der Waals surface area contributed by atoms with Gasteiger partial charge in [-0.15, -0.1) is 0 Å². The van der Waals surface area contributed by atoms with Crippen molar-refractivity contribution in [2.24, 2.45) is 0 Å². The van der Waals surface area contributed by atoms with E-state index in [0.717, 1.165) is 96.3 Å². The molecule has 0 rings (SSSR count). The predicted octanol–water partition coefficient (Wildman–Crippen LogP) is 16.4. The third kappa shape index (κ3) is 47.1. The number of ether oxygens (including phenoxy) is 3. The minimum Gasteiger partial charge on any atom is -0.462 e. The highest BCUT2D eigenvalue weighted by molar-refractivity contribution is 5.71. The van der Waals surface area contributed by atoms with Crippen LogP contribution < -0.4 is 0 Å². The van der Waals surface area contributed by atoms with Gasteiger partial charge in [0.05, 0.1) is 0 Å². The summed E-state index contributed by atoms with van der Waals surface area (Å²) in [6.45, 7) is 6.28. The van der Waals surface area contributed by atoms with Gasteiger partial charge in [0, 0.05) is 19.3 Å². The van der Waals surface area contributed by atoms with Crippen molar-refractivity contribution in [2.75, 3.05) is 13.2 Å². The summed E-state index contributed by atoms with van der Waals surface area (Å²) in [6, 6.07) is 0. The first-order valence-electron chi connectivity index (χ1n) is 24.9. The van der Waals surface area contributed by atoms with Crippen LogP contribution in [0.15, 0.2) is 109 Å². The van der Waals surface area contributed by atoms with Crippen LogP contribution in [0, 0.1) is 0 Å². The van der Waals surface area contributed by atoms with E-state index in [-0.39, 0.29) is 50.4 Å². The molecule has 0 aliphatic heterocycles. The van der Waals surface area contributed by atoms with E-state index in [4.69, 9.17) is 14.2 Å². The molecule has 1 atom stereocenters. The Balaban J connectivity index is 4.53. The molecule has 0 radical (unpaired) electrons. The Bertz CT molecular complexity index is 1310. The van der Waals surface area contributed by atoms with Crippen LogP contribution in [0.4, 0.5) is 0 Å². The summed E-state index contributed by atoms with van der Waals surface area (Å²) < 4.78 is 16.7.